The van der Waals surface area contributed by atoms with Gasteiger partial charge in [-0.15, -0.1) is 0 Å². The van der Waals surface area contributed by atoms with Crippen molar-refractivity contribution in [3.8, 4) is 0 Å². The zero-order chi connectivity index (χ0) is 15.4. The van der Waals surface area contributed by atoms with Crippen molar-refractivity contribution in [3.05, 3.63) is 35.6 Å². The molecule has 0 aromatic heterocycles. The van der Waals surface area contributed by atoms with Crippen LogP contribution in [-0.4, -0.2) is 72.7 Å². The minimum absolute atomic E-state index is 0.0220. The van der Waals surface area contributed by atoms with Crippen molar-refractivity contribution in [2.45, 2.75) is 6.10 Å². The van der Waals surface area contributed by atoms with Gasteiger partial charge in [0.15, 0.2) is 0 Å². The Bertz CT molecular complexity index is 470. The van der Waals surface area contributed by atoms with Crippen LogP contribution in [0.4, 0.5) is 9.18 Å². The summed E-state index contributed by atoms with van der Waals surface area (Å²) in [6.07, 6.45) is -0.637. The molecule has 1 heterocycles. The molecule has 0 spiro atoms. The van der Waals surface area contributed by atoms with Gasteiger partial charge in [0.1, 0.15) is 5.82 Å². The second-order valence-corrected chi connectivity index (χ2v) is 5.53. The maximum absolute atomic E-state index is 12.9. The summed E-state index contributed by atoms with van der Waals surface area (Å²) in [5, 5.41) is 10.2. The first-order valence-electron chi connectivity index (χ1n) is 7.09. The van der Waals surface area contributed by atoms with Gasteiger partial charge in [0.05, 0.1) is 6.10 Å². The van der Waals surface area contributed by atoms with Crippen molar-refractivity contribution in [2.24, 2.45) is 0 Å². The van der Waals surface area contributed by atoms with Crippen LogP contribution in [0.3, 0.4) is 0 Å². The SMILES string of the molecule is CN(C)C(=O)N1CCN(CC(O)c2ccc(F)cc2)CC1. The largest absolute Gasteiger partial charge is 0.387 e. The number of aliphatic hydroxyl groups is 1. The molecule has 6 heteroatoms. The van der Waals surface area contributed by atoms with Crippen molar-refractivity contribution in [1.82, 2.24) is 14.7 Å². The molecule has 0 radical (unpaired) electrons. The Kier molecular flexibility index (Phi) is 5.14. The van der Waals surface area contributed by atoms with Gasteiger partial charge in [-0.3, -0.25) is 4.90 Å². The molecule has 0 saturated carbocycles. The van der Waals surface area contributed by atoms with E-state index in [9.17, 15) is 14.3 Å². The van der Waals surface area contributed by atoms with Gasteiger partial charge in [-0.1, -0.05) is 12.1 Å². The summed E-state index contributed by atoms with van der Waals surface area (Å²) in [4.78, 5) is 17.3. The molecule has 1 atom stereocenters. The number of carbonyl (C=O) groups excluding carboxylic acids is 1. The summed E-state index contributed by atoms with van der Waals surface area (Å²) in [6, 6.07) is 5.93. The van der Waals surface area contributed by atoms with E-state index in [1.807, 2.05) is 0 Å². The van der Waals surface area contributed by atoms with E-state index in [1.165, 1.54) is 12.1 Å². The number of urea groups is 1. The molecule has 2 amide bonds. The molecule has 0 aliphatic carbocycles. The van der Waals surface area contributed by atoms with Crippen LogP contribution in [0.15, 0.2) is 24.3 Å². The van der Waals surface area contributed by atoms with Crippen LogP contribution in [0.2, 0.25) is 0 Å². The van der Waals surface area contributed by atoms with E-state index in [0.717, 1.165) is 13.1 Å². The van der Waals surface area contributed by atoms with Crippen LogP contribution in [0, 0.1) is 5.82 Å². The molecule has 1 unspecified atom stereocenters. The molecule has 1 aromatic carbocycles. The van der Waals surface area contributed by atoms with Crippen molar-refractivity contribution in [2.75, 3.05) is 46.8 Å². The van der Waals surface area contributed by atoms with E-state index < -0.39 is 6.10 Å². The van der Waals surface area contributed by atoms with Gasteiger partial charge in [0, 0.05) is 46.8 Å². The lowest BCUT2D eigenvalue weighted by Crippen LogP contribution is -2.52. The molecule has 2 rings (SSSR count). The summed E-state index contributed by atoms with van der Waals surface area (Å²) in [7, 11) is 3.49. The van der Waals surface area contributed by atoms with Crippen molar-refractivity contribution >= 4 is 6.03 Å². The molecule has 1 aromatic rings. The third-order valence-electron chi connectivity index (χ3n) is 3.71. The maximum Gasteiger partial charge on any atom is 0.319 e. The molecule has 1 aliphatic heterocycles. The fourth-order valence-electron chi connectivity index (χ4n) is 2.44. The molecule has 116 valence electrons. The van der Waals surface area contributed by atoms with Crippen LogP contribution >= 0.6 is 0 Å². The smallest absolute Gasteiger partial charge is 0.319 e. The zero-order valence-electron chi connectivity index (χ0n) is 12.5. The highest BCUT2D eigenvalue weighted by atomic mass is 19.1. The lowest BCUT2D eigenvalue weighted by molar-refractivity contribution is 0.0762. The third kappa shape index (κ3) is 4.15. The summed E-state index contributed by atoms with van der Waals surface area (Å²) >= 11 is 0. The molecule has 1 N–H and O–H groups in total. The summed E-state index contributed by atoms with van der Waals surface area (Å²) in [5.41, 5.74) is 0.711. The van der Waals surface area contributed by atoms with Crippen molar-refractivity contribution in [3.63, 3.8) is 0 Å². The number of piperazine rings is 1. The Morgan fingerprint density at radius 1 is 1.24 bits per heavy atom. The average molecular weight is 295 g/mol. The number of benzene rings is 1. The number of hydrogen-bond donors (Lipinski definition) is 1. The maximum atomic E-state index is 12.9. The predicted octanol–water partition coefficient (Wildman–Crippen LogP) is 1.16. The first kappa shape index (κ1) is 15.7. The molecular weight excluding hydrogens is 273 g/mol. The third-order valence-corrected chi connectivity index (χ3v) is 3.71. The van der Waals surface area contributed by atoms with E-state index in [1.54, 1.807) is 36.0 Å². The average Bonchev–Trinajstić information content (AvgIpc) is 2.47. The van der Waals surface area contributed by atoms with Gasteiger partial charge < -0.3 is 14.9 Å². The first-order chi connectivity index (χ1) is 9.97. The highest BCUT2D eigenvalue weighted by Crippen LogP contribution is 2.16. The fourth-order valence-corrected chi connectivity index (χ4v) is 2.44. The standard InChI is InChI=1S/C15H22FN3O2/c1-17(2)15(21)19-9-7-18(8-10-19)11-14(20)12-3-5-13(16)6-4-12/h3-6,14,20H,7-11H2,1-2H3. The first-order valence-corrected chi connectivity index (χ1v) is 7.09. The van der Waals surface area contributed by atoms with Gasteiger partial charge in [-0.25, -0.2) is 9.18 Å². The van der Waals surface area contributed by atoms with E-state index in [0.29, 0.717) is 25.2 Å². The Labute approximate surface area is 124 Å². The number of amides is 2. The van der Waals surface area contributed by atoms with Crippen LogP contribution in [0.25, 0.3) is 0 Å². The normalized spacial score (nSPS) is 17.6. The lowest BCUT2D eigenvalue weighted by atomic mass is 10.1. The van der Waals surface area contributed by atoms with E-state index in [4.69, 9.17) is 0 Å². The summed E-state index contributed by atoms with van der Waals surface area (Å²) in [6.45, 7) is 3.28. The van der Waals surface area contributed by atoms with Crippen LogP contribution in [0.5, 0.6) is 0 Å². The number of β-amino-alcohol motifs (C(OH)–C–C–N with tert-alkyl or cyclic N) is 1. The Hall–Kier alpha value is -1.66. The van der Waals surface area contributed by atoms with Gasteiger partial charge in [0.2, 0.25) is 0 Å². The highest BCUT2D eigenvalue weighted by Gasteiger charge is 2.23. The quantitative estimate of drug-likeness (QED) is 0.910. The minimum Gasteiger partial charge on any atom is -0.387 e. The minimum atomic E-state index is -0.637. The Balaban J connectivity index is 1.83. The van der Waals surface area contributed by atoms with Gasteiger partial charge in [-0.05, 0) is 17.7 Å². The van der Waals surface area contributed by atoms with Gasteiger partial charge in [0.25, 0.3) is 0 Å². The molecule has 1 aliphatic rings. The lowest BCUT2D eigenvalue weighted by Gasteiger charge is -2.36. The Morgan fingerprint density at radius 2 is 1.81 bits per heavy atom. The topological polar surface area (TPSA) is 47.0 Å². The number of nitrogens with zero attached hydrogens (tertiary/aromatic N) is 3. The number of halogens is 1. The molecular formula is C15H22FN3O2. The van der Waals surface area contributed by atoms with Gasteiger partial charge in [-0.2, -0.15) is 0 Å². The van der Waals surface area contributed by atoms with Crippen LogP contribution in [-0.2, 0) is 0 Å². The molecule has 21 heavy (non-hydrogen) atoms. The number of rotatable bonds is 3. The van der Waals surface area contributed by atoms with E-state index in [2.05, 4.69) is 4.90 Å². The number of hydrogen-bond acceptors (Lipinski definition) is 3. The molecule has 1 fully saturated rings. The van der Waals surface area contributed by atoms with Gasteiger partial charge >= 0.3 is 6.03 Å². The summed E-state index contributed by atoms with van der Waals surface area (Å²) in [5.74, 6) is -0.304. The van der Waals surface area contributed by atoms with E-state index >= 15 is 0 Å². The number of carbonyl (C=O) groups is 1. The monoisotopic (exact) mass is 295 g/mol. The Morgan fingerprint density at radius 3 is 2.33 bits per heavy atom. The predicted molar refractivity (Wildman–Crippen MR) is 78.5 cm³/mol. The molecule has 1 saturated heterocycles. The van der Waals surface area contributed by atoms with E-state index in [-0.39, 0.29) is 11.8 Å². The fraction of sp³-hybridized carbons (Fsp3) is 0.533. The second-order valence-electron chi connectivity index (χ2n) is 5.53. The summed E-state index contributed by atoms with van der Waals surface area (Å²) < 4.78 is 12.9. The number of aliphatic hydroxyl groups excluding tert-OH is 1. The van der Waals surface area contributed by atoms with Crippen molar-refractivity contribution in [1.29, 1.82) is 0 Å². The molecule has 5 nitrogen and oxygen atoms in total. The molecule has 0 bridgehead atoms. The zero-order valence-corrected chi connectivity index (χ0v) is 12.5. The second kappa shape index (κ2) is 6.87. The van der Waals surface area contributed by atoms with Crippen LogP contribution in [0.1, 0.15) is 11.7 Å². The van der Waals surface area contributed by atoms with Crippen LogP contribution < -0.4 is 0 Å². The van der Waals surface area contributed by atoms with Crippen molar-refractivity contribution < 1.29 is 14.3 Å². The highest BCUT2D eigenvalue weighted by molar-refractivity contribution is 5.73.